The lowest BCUT2D eigenvalue weighted by Gasteiger charge is -2.06. The first-order chi connectivity index (χ1) is 8.60. The van der Waals surface area contributed by atoms with Crippen molar-refractivity contribution in [2.75, 3.05) is 0 Å². The molecule has 0 saturated carbocycles. The monoisotopic (exact) mass is 328 g/mol. The Balaban J connectivity index is 2.39. The van der Waals surface area contributed by atoms with Crippen LogP contribution < -0.4 is 0 Å². The molecular weight excluding hydrogens is 322 g/mol. The lowest BCUT2D eigenvalue weighted by molar-refractivity contribution is 0.112. The van der Waals surface area contributed by atoms with E-state index >= 15 is 0 Å². The van der Waals surface area contributed by atoms with Crippen molar-refractivity contribution in [2.45, 2.75) is 9.79 Å². The van der Waals surface area contributed by atoms with Gasteiger partial charge in [0.2, 0.25) is 0 Å². The zero-order chi connectivity index (χ0) is 13.1. The number of carbonyl (C=O) groups excluding carboxylic acids is 1. The minimum atomic E-state index is -0.642. The second-order valence-corrected chi connectivity index (χ2v) is 5.48. The summed E-state index contributed by atoms with van der Waals surface area (Å²) in [5.74, 6) is -1.27. The molecule has 0 radical (unpaired) electrons. The highest BCUT2D eigenvalue weighted by molar-refractivity contribution is 9.10. The van der Waals surface area contributed by atoms with Crippen LogP contribution in [-0.2, 0) is 0 Å². The van der Waals surface area contributed by atoms with Gasteiger partial charge in [-0.25, -0.2) is 8.78 Å². The average Bonchev–Trinajstić information content (AvgIpc) is 2.33. The van der Waals surface area contributed by atoms with Crippen LogP contribution in [0.25, 0.3) is 0 Å². The number of aldehydes is 1. The molecule has 2 rings (SSSR count). The fraction of sp³-hybridized carbons (Fsp3) is 0. The number of rotatable bonds is 3. The number of carbonyl (C=O) groups is 1. The van der Waals surface area contributed by atoms with E-state index in [0.717, 1.165) is 22.3 Å². The Kier molecular flexibility index (Phi) is 4.14. The fourth-order valence-corrected chi connectivity index (χ4v) is 2.83. The summed E-state index contributed by atoms with van der Waals surface area (Å²) in [6.07, 6.45) is 0.705. The standard InChI is InChI=1S/C13H7BrF2OS/c14-9-2-1-8(7-17)13(5-9)18-12-4-3-10(15)6-11(12)16/h1-7H. The molecule has 0 aliphatic rings. The first kappa shape index (κ1) is 13.2. The Morgan fingerprint density at radius 3 is 2.50 bits per heavy atom. The number of hydrogen-bond acceptors (Lipinski definition) is 2. The largest absolute Gasteiger partial charge is 0.298 e. The minimum Gasteiger partial charge on any atom is -0.298 e. The molecular formula is C13H7BrF2OS. The maximum Gasteiger partial charge on any atom is 0.151 e. The molecule has 0 amide bonds. The van der Waals surface area contributed by atoms with Gasteiger partial charge in [-0.15, -0.1) is 0 Å². The molecule has 0 aromatic heterocycles. The Morgan fingerprint density at radius 2 is 1.83 bits per heavy atom. The third-order valence-electron chi connectivity index (χ3n) is 2.22. The molecule has 0 aliphatic heterocycles. The van der Waals surface area contributed by atoms with Crippen LogP contribution in [-0.4, -0.2) is 6.29 Å². The fourth-order valence-electron chi connectivity index (χ4n) is 1.37. The first-order valence-electron chi connectivity index (χ1n) is 4.98. The third-order valence-corrected chi connectivity index (χ3v) is 3.83. The topological polar surface area (TPSA) is 17.1 Å². The highest BCUT2D eigenvalue weighted by Crippen LogP contribution is 2.33. The van der Waals surface area contributed by atoms with Crippen LogP contribution in [0, 0.1) is 11.6 Å². The van der Waals surface area contributed by atoms with Crippen molar-refractivity contribution < 1.29 is 13.6 Å². The Morgan fingerprint density at radius 1 is 1.06 bits per heavy atom. The van der Waals surface area contributed by atoms with Gasteiger partial charge in [0.25, 0.3) is 0 Å². The van der Waals surface area contributed by atoms with E-state index in [-0.39, 0.29) is 4.90 Å². The van der Waals surface area contributed by atoms with Crippen LogP contribution in [0.3, 0.4) is 0 Å². The van der Waals surface area contributed by atoms with Gasteiger partial charge < -0.3 is 0 Å². The smallest absolute Gasteiger partial charge is 0.151 e. The Bertz CT molecular complexity index is 602. The molecule has 1 nitrogen and oxygen atoms in total. The van der Waals surface area contributed by atoms with Gasteiger partial charge in [-0.05, 0) is 30.3 Å². The molecule has 0 N–H and O–H groups in total. The van der Waals surface area contributed by atoms with Crippen molar-refractivity contribution in [3.05, 3.63) is 58.1 Å². The molecule has 5 heteroatoms. The van der Waals surface area contributed by atoms with Gasteiger partial charge in [0, 0.05) is 25.9 Å². The summed E-state index contributed by atoms with van der Waals surface area (Å²) in [6.45, 7) is 0. The lowest BCUT2D eigenvalue weighted by atomic mass is 10.2. The van der Waals surface area contributed by atoms with Gasteiger partial charge >= 0.3 is 0 Å². The van der Waals surface area contributed by atoms with Gasteiger partial charge in [-0.1, -0.05) is 27.7 Å². The number of benzene rings is 2. The number of halogens is 3. The minimum absolute atomic E-state index is 0.276. The molecule has 0 fully saturated rings. The van der Waals surface area contributed by atoms with Crippen molar-refractivity contribution >= 4 is 34.0 Å². The molecule has 0 atom stereocenters. The molecule has 92 valence electrons. The predicted octanol–water partition coefficient (Wildman–Crippen LogP) is 4.69. The highest BCUT2D eigenvalue weighted by Gasteiger charge is 2.09. The van der Waals surface area contributed by atoms with E-state index in [4.69, 9.17) is 0 Å². The Labute approximate surface area is 115 Å². The first-order valence-corrected chi connectivity index (χ1v) is 6.59. The van der Waals surface area contributed by atoms with Crippen LogP contribution in [0.4, 0.5) is 8.78 Å². The summed E-state index contributed by atoms with van der Waals surface area (Å²) in [4.78, 5) is 11.8. The summed E-state index contributed by atoms with van der Waals surface area (Å²) in [6, 6.07) is 8.45. The van der Waals surface area contributed by atoms with E-state index in [2.05, 4.69) is 15.9 Å². The van der Waals surface area contributed by atoms with Crippen LogP contribution in [0.15, 0.2) is 50.7 Å². The van der Waals surface area contributed by atoms with Crippen molar-refractivity contribution in [1.82, 2.24) is 0 Å². The maximum atomic E-state index is 13.5. The predicted molar refractivity (Wildman–Crippen MR) is 70.0 cm³/mol. The normalized spacial score (nSPS) is 10.4. The van der Waals surface area contributed by atoms with Crippen LogP contribution in [0.2, 0.25) is 0 Å². The second kappa shape index (κ2) is 5.63. The lowest BCUT2D eigenvalue weighted by Crippen LogP contribution is -1.88. The number of hydrogen-bond donors (Lipinski definition) is 0. The summed E-state index contributed by atoms with van der Waals surface area (Å²) >= 11 is 4.37. The van der Waals surface area contributed by atoms with Gasteiger partial charge in [0.1, 0.15) is 11.6 Å². The average molecular weight is 329 g/mol. The van der Waals surface area contributed by atoms with E-state index in [1.807, 2.05) is 0 Å². The molecule has 0 bridgehead atoms. The van der Waals surface area contributed by atoms with E-state index in [1.54, 1.807) is 18.2 Å². The van der Waals surface area contributed by atoms with Crippen LogP contribution in [0.1, 0.15) is 10.4 Å². The maximum absolute atomic E-state index is 13.5. The van der Waals surface area contributed by atoms with E-state index in [1.165, 1.54) is 12.1 Å². The quantitative estimate of drug-likeness (QED) is 0.760. The zero-order valence-electron chi connectivity index (χ0n) is 8.99. The second-order valence-electron chi connectivity index (χ2n) is 3.48. The summed E-state index contributed by atoms with van der Waals surface area (Å²) < 4.78 is 27.1. The van der Waals surface area contributed by atoms with Gasteiger partial charge in [-0.2, -0.15) is 0 Å². The van der Waals surface area contributed by atoms with Crippen molar-refractivity contribution in [3.8, 4) is 0 Å². The van der Waals surface area contributed by atoms with E-state index in [0.29, 0.717) is 16.7 Å². The van der Waals surface area contributed by atoms with Gasteiger partial charge in [0.05, 0.1) is 0 Å². The molecule has 2 aromatic rings. The van der Waals surface area contributed by atoms with Crippen LogP contribution in [0.5, 0.6) is 0 Å². The molecule has 2 aromatic carbocycles. The van der Waals surface area contributed by atoms with Crippen LogP contribution >= 0.6 is 27.7 Å². The van der Waals surface area contributed by atoms with Crippen molar-refractivity contribution in [2.24, 2.45) is 0 Å². The van der Waals surface area contributed by atoms with Crippen molar-refractivity contribution in [3.63, 3.8) is 0 Å². The van der Waals surface area contributed by atoms with Crippen molar-refractivity contribution in [1.29, 1.82) is 0 Å². The SMILES string of the molecule is O=Cc1ccc(Br)cc1Sc1ccc(F)cc1F. The van der Waals surface area contributed by atoms with E-state index < -0.39 is 11.6 Å². The molecule has 0 spiro atoms. The zero-order valence-corrected chi connectivity index (χ0v) is 11.4. The molecule has 0 heterocycles. The molecule has 18 heavy (non-hydrogen) atoms. The third kappa shape index (κ3) is 2.97. The Hall–Kier alpha value is -1.20. The van der Waals surface area contributed by atoms with E-state index in [9.17, 15) is 13.6 Å². The summed E-state index contributed by atoms with van der Waals surface area (Å²) in [7, 11) is 0. The molecule has 0 aliphatic carbocycles. The highest BCUT2D eigenvalue weighted by atomic mass is 79.9. The summed E-state index contributed by atoms with van der Waals surface area (Å²) in [5.41, 5.74) is 0.465. The molecule has 0 saturated heterocycles. The van der Waals surface area contributed by atoms with Gasteiger partial charge in [-0.3, -0.25) is 4.79 Å². The molecule has 0 unspecified atom stereocenters. The summed E-state index contributed by atoms with van der Waals surface area (Å²) in [5, 5.41) is 0. The van der Waals surface area contributed by atoms with Gasteiger partial charge in [0.15, 0.2) is 6.29 Å².